The summed E-state index contributed by atoms with van der Waals surface area (Å²) in [5, 5.41) is 11.8. The molecule has 158 valence electrons. The van der Waals surface area contributed by atoms with Gasteiger partial charge in [0.1, 0.15) is 17.8 Å². The molecule has 1 aliphatic heterocycles. The summed E-state index contributed by atoms with van der Waals surface area (Å²) in [6.45, 7) is 7.21. The Morgan fingerprint density at radius 2 is 2.07 bits per heavy atom. The van der Waals surface area contributed by atoms with Gasteiger partial charge in [0, 0.05) is 17.7 Å². The van der Waals surface area contributed by atoms with Crippen molar-refractivity contribution in [3.63, 3.8) is 0 Å². The van der Waals surface area contributed by atoms with Crippen LogP contribution in [0.4, 0.5) is 14.9 Å². The van der Waals surface area contributed by atoms with Gasteiger partial charge < -0.3 is 14.4 Å². The zero-order chi connectivity index (χ0) is 21.6. The number of alkyl halides is 1. The van der Waals surface area contributed by atoms with Crippen LogP contribution in [0, 0.1) is 11.3 Å². The standard InChI is InChI=1S/C21H28FN3O4/c1-14(9-19(26)25-12-16(22)10-17(25)11-23)28-13-15-7-5-6-8-18(15)24-20(27)29-21(2,3)4/h5-8,14,16-17H,9-10,12-13H2,1-4H3,(H,24,27)/t14-,16-,17-/m0/s1. The van der Waals surface area contributed by atoms with E-state index in [1.165, 1.54) is 4.90 Å². The van der Waals surface area contributed by atoms with Crippen LogP contribution in [-0.4, -0.2) is 47.4 Å². The fourth-order valence-corrected chi connectivity index (χ4v) is 3.02. The Balaban J connectivity index is 1.90. The summed E-state index contributed by atoms with van der Waals surface area (Å²) >= 11 is 0. The van der Waals surface area contributed by atoms with Crippen LogP contribution < -0.4 is 5.32 Å². The Bertz CT molecular complexity index is 772. The molecule has 1 fully saturated rings. The van der Waals surface area contributed by atoms with E-state index in [9.17, 15) is 14.0 Å². The molecule has 1 aliphatic rings. The van der Waals surface area contributed by atoms with Crippen LogP contribution in [0.15, 0.2) is 24.3 Å². The number of carbonyl (C=O) groups is 2. The van der Waals surface area contributed by atoms with Gasteiger partial charge in [-0.25, -0.2) is 9.18 Å². The molecule has 2 amide bonds. The van der Waals surface area contributed by atoms with E-state index in [0.717, 1.165) is 5.56 Å². The number of anilines is 1. The van der Waals surface area contributed by atoms with E-state index in [0.29, 0.717) is 5.69 Å². The van der Waals surface area contributed by atoms with Gasteiger partial charge in [0.05, 0.1) is 31.7 Å². The van der Waals surface area contributed by atoms with E-state index < -0.39 is 30.0 Å². The fraction of sp³-hybridized carbons (Fsp3) is 0.571. The first-order valence-corrected chi connectivity index (χ1v) is 9.61. The predicted octanol–water partition coefficient (Wildman–Crippen LogP) is 3.79. The first-order valence-electron chi connectivity index (χ1n) is 9.61. The van der Waals surface area contributed by atoms with Gasteiger partial charge in [0.25, 0.3) is 0 Å². The van der Waals surface area contributed by atoms with Crippen molar-refractivity contribution in [1.29, 1.82) is 5.26 Å². The van der Waals surface area contributed by atoms with Crippen LogP contribution >= 0.6 is 0 Å². The molecule has 1 N–H and O–H groups in total. The molecular formula is C21H28FN3O4. The Morgan fingerprint density at radius 1 is 1.38 bits per heavy atom. The van der Waals surface area contributed by atoms with Gasteiger partial charge in [0.15, 0.2) is 0 Å². The van der Waals surface area contributed by atoms with E-state index in [1.807, 2.05) is 12.1 Å². The van der Waals surface area contributed by atoms with Crippen molar-refractivity contribution in [3.05, 3.63) is 29.8 Å². The minimum atomic E-state index is -1.16. The topological polar surface area (TPSA) is 91.7 Å². The van der Waals surface area contributed by atoms with E-state index >= 15 is 0 Å². The number of likely N-dealkylation sites (tertiary alicyclic amines) is 1. The number of halogens is 1. The van der Waals surface area contributed by atoms with E-state index in [-0.39, 0.29) is 31.9 Å². The Labute approximate surface area is 170 Å². The highest BCUT2D eigenvalue weighted by Gasteiger charge is 2.35. The molecule has 1 aromatic rings. The summed E-state index contributed by atoms with van der Waals surface area (Å²) in [6.07, 6.45) is -2.06. The smallest absolute Gasteiger partial charge is 0.412 e. The summed E-state index contributed by atoms with van der Waals surface area (Å²) in [6, 6.07) is 8.40. The molecule has 0 unspecified atom stereocenters. The van der Waals surface area contributed by atoms with Crippen LogP contribution in [-0.2, 0) is 20.9 Å². The molecule has 7 nitrogen and oxygen atoms in total. The van der Waals surface area contributed by atoms with Gasteiger partial charge in [-0.3, -0.25) is 10.1 Å². The predicted molar refractivity (Wildman–Crippen MR) is 106 cm³/mol. The number of rotatable bonds is 6. The highest BCUT2D eigenvalue weighted by molar-refractivity contribution is 5.85. The zero-order valence-corrected chi connectivity index (χ0v) is 17.3. The first-order chi connectivity index (χ1) is 13.6. The quantitative estimate of drug-likeness (QED) is 0.777. The lowest BCUT2D eigenvalue weighted by Gasteiger charge is -2.22. The molecule has 0 aromatic heterocycles. The number of para-hydroxylation sites is 1. The maximum Gasteiger partial charge on any atom is 0.412 e. The van der Waals surface area contributed by atoms with Crippen molar-refractivity contribution in [1.82, 2.24) is 4.90 Å². The molecule has 1 aromatic carbocycles. The third kappa shape index (κ3) is 7.02. The molecule has 29 heavy (non-hydrogen) atoms. The van der Waals surface area contributed by atoms with Crippen molar-refractivity contribution in [3.8, 4) is 6.07 Å². The number of benzene rings is 1. The monoisotopic (exact) mass is 405 g/mol. The SMILES string of the molecule is C[C@@H](CC(=O)N1C[C@@H](F)C[C@H]1C#N)OCc1ccccc1NC(=O)OC(C)(C)C. The molecule has 0 spiro atoms. The number of nitrogens with zero attached hydrogens (tertiary/aromatic N) is 2. The third-order valence-corrected chi connectivity index (χ3v) is 4.36. The van der Waals surface area contributed by atoms with Gasteiger partial charge in [-0.1, -0.05) is 18.2 Å². The second-order valence-electron chi connectivity index (χ2n) is 8.13. The van der Waals surface area contributed by atoms with E-state index in [4.69, 9.17) is 14.7 Å². The fourth-order valence-electron chi connectivity index (χ4n) is 3.02. The minimum absolute atomic E-state index is 0.0482. The van der Waals surface area contributed by atoms with Gasteiger partial charge in [0.2, 0.25) is 5.91 Å². The second-order valence-corrected chi connectivity index (χ2v) is 8.13. The highest BCUT2D eigenvalue weighted by Crippen LogP contribution is 2.22. The maximum atomic E-state index is 13.5. The van der Waals surface area contributed by atoms with Gasteiger partial charge in [-0.15, -0.1) is 0 Å². The van der Waals surface area contributed by atoms with Crippen molar-refractivity contribution < 1.29 is 23.5 Å². The molecule has 0 aliphatic carbocycles. The van der Waals surface area contributed by atoms with E-state index in [1.54, 1.807) is 45.9 Å². The molecule has 0 saturated carbocycles. The lowest BCUT2D eigenvalue weighted by molar-refractivity contribution is -0.134. The summed E-state index contributed by atoms with van der Waals surface area (Å²) < 4.78 is 24.5. The van der Waals surface area contributed by atoms with Crippen molar-refractivity contribution in [2.45, 2.75) is 71.1 Å². The average molecular weight is 405 g/mol. The largest absolute Gasteiger partial charge is 0.444 e. The highest BCUT2D eigenvalue weighted by atomic mass is 19.1. The number of nitrogens with one attached hydrogen (secondary N) is 1. The molecule has 0 bridgehead atoms. The second kappa shape index (κ2) is 9.70. The molecule has 1 heterocycles. The summed E-state index contributed by atoms with van der Waals surface area (Å²) in [5.74, 6) is -0.302. The van der Waals surface area contributed by atoms with Crippen molar-refractivity contribution >= 4 is 17.7 Å². The maximum absolute atomic E-state index is 13.5. The molecule has 1 saturated heterocycles. The lowest BCUT2D eigenvalue weighted by Crippen LogP contribution is -2.36. The van der Waals surface area contributed by atoms with Crippen LogP contribution in [0.5, 0.6) is 0 Å². The van der Waals surface area contributed by atoms with Crippen molar-refractivity contribution in [2.24, 2.45) is 0 Å². The molecule has 0 radical (unpaired) electrons. The number of carbonyl (C=O) groups excluding carboxylic acids is 2. The van der Waals surface area contributed by atoms with Crippen LogP contribution in [0.3, 0.4) is 0 Å². The van der Waals surface area contributed by atoms with Gasteiger partial charge in [-0.05, 0) is 33.8 Å². The number of amides is 2. The summed E-state index contributed by atoms with van der Waals surface area (Å²) in [5.41, 5.74) is 0.682. The third-order valence-electron chi connectivity index (χ3n) is 4.36. The number of hydrogen-bond donors (Lipinski definition) is 1. The van der Waals surface area contributed by atoms with Gasteiger partial charge >= 0.3 is 6.09 Å². The van der Waals surface area contributed by atoms with Crippen LogP contribution in [0.25, 0.3) is 0 Å². The first kappa shape index (κ1) is 22.6. The molecule has 8 heteroatoms. The van der Waals surface area contributed by atoms with Crippen LogP contribution in [0.1, 0.15) is 46.1 Å². The number of ether oxygens (including phenoxy) is 2. The normalized spacial score (nSPS) is 20.1. The lowest BCUT2D eigenvalue weighted by atomic mass is 10.2. The molecule has 2 rings (SSSR count). The minimum Gasteiger partial charge on any atom is -0.444 e. The Kier molecular flexibility index (Phi) is 7.57. The summed E-state index contributed by atoms with van der Waals surface area (Å²) in [4.78, 5) is 25.7. The Hall–Kier alpha value is -2.66. The average Bonchev–Trinajstić information content (AvgIpc) is 3.00. The van der Waals surface area contributed by atoms with Crippen LogP contribution in [0.2, 0.25) is 0 Å². The Morgan fingerprint density at radius 3 is 2.72 bits per heavy atom. The van der Waals surface area contributed by atoms with Gasteiger partial charge in [-0.2, -0.15) is 5.26 Å². The number of nitriles is 1. The van der Waals surface area contributed by atoms with E-state index in [2.05, 4.69) is 5.32 Å². The zero-order valence-electron chi connectivity index (χ0n) is 17.3. The van der Waals surface area contributed by atoms with Crippen molar-refractivity contribution in [2.75, 3.05) is 11.9 Å². The number of hydrogen-bond acceptors (Lipinski definition) is 5. The summed E-state index contributed by atoms with van der Waals surface area (Å²) in [7, 11) is 0. The molecule has 3 atom stereocenters. The molecular weight excluding hydrogens is 377 g/mol.